The van der Waals surface area contributed by atoms with Crippen LogP contribution in [0.3, 0.4) is 0 Å². The molecule has 0 rings (SSSR count). The highest BCUT2D eigenvalue weighted by molar-refractivity contribution is 4.80. The molecule has 0 aromatic carbocycles. The summed E-state index contributed by atoms with van der Waals surface area (Å²) in [5, 5.41) is 0. The molecule has 0 atom stereocenters. The van der Waals surface area contributed by atoms with E-state index in [-0.39, 0.29) is 6.17 Å². The lowest BCUT2D eigenvalue weighted by Crippen LogP contribution is -2.29. The van der Waals surface area contributed by atoms with Crippen LogP contribution in [0.15, 0.2) is 12.2 Å². The molecule has 0 fully saturated rings. The number of nitrogens with two attached hydrogens (primary N) is 2. The van der Waals surface area contributed by atoms with Crippen molar-refractivity contribution in [1.82, 2.24) is 0 Å². The molecule has 0 unspecified atom stereocenters. The summed E-state index contributed by atoms with van der Waals surface area (Å²) < 4.78 is 0. The van der Waals surface area contributed by atoms with E-state index in [1.165, 1.54) is 0 Å². The van der Waals surface area contributed by atoms with E-state index in [0.717, 1.165) is 19.3 Å². The SMILES string of the molecule is CCC=CCCC(N)N. The number of rotatable bonds is 4. The van der Waals surface area contributed by atoms with Gasteiger partial charge in [-0.2, -0.15) is 0 Å². The Morgan fingerprint density at radius 2 is 2.00 bits per heavy atom. The highest BCUT2D eigenvalue weighted by Gasteiger charge is 1.88. The topological polar surface area (TPSA) is 52.0 Å². The van der Waals surface area contributed by atoms with Crippen molar-refractivity contribution in [2.45, 2.75) is 32.4 Å². The Labute approximate surface area is 56.9 Å². The van der Waals surface area contributed by atoms with Gasteiger partial charge in [0.05, 0.1) is 6.17 Å². The fraction of sp³-hybridized carbons (Fsp3) is 0.714. The Hall–Kier alpha value is -0.340. The number of hydrogen-bond acceptors (Lipinski definition) is 2. The molecule has 0 spiro atoms. The maximum Gasteiger partial charge on any atom is 0.0523 e. The Kier molecular flexibility index (Phi) is 5.57. The van der Waals surface area contributed by atoms with Crippen LogP contribution in [-0.2, 0) is 0 Å². The van der Waals surface area contributed by atoms with Crippen molar-refractivity contribution in [3.05, 3.63) is 12.2 Å². The molecule has 0 bridgehead atoms. The second kappa shape index (κ2) is 5.79. The van der Waals surface area contributed by atoms with Gasteiger partial charge in [-0.05, 0) is 19.3 Å². The van der Waals surface area contributed by atoms with Crippen LogP contribution in [0, 0.1) is 0 Å². The van der Waals surface area contributed by atoms with Gasteiger partial charge in [0.25, 0.3) is 0 Å². The third kappa shape index (κ3) is 7.66. The predicted molar refractivity (Wildman–Crippen MR) is 40.8 cm³/mol. The summed E-state index contributed by atoms with van der Waals surface area (Å²) in [4.78, 5) is 0. The molecule has 0 aromatic rings. The molecule has 2 nitrogen and oxygen atoms in total. The summed E-state index contributed by atoms with van der Waals surface area (Å²) in [5.74, 6) is 0. The first kappa shape index (κ1) is 8.66. The quantitative estimate of drug-likeness (QED) is 0.438. The van der Waals surface area contributed by atoms with Crippen molar-refractivity contribution in [2.75, 3.05) is 0 Å². The average Bonchev–Trinajstić information content (AvgIpc) is 1.80. The molecule has 0 radical (unpaired) electrons. The van der Waals surface area contributed by atoms with Gasteiger partial charge in [-0.1, -0.05) is 19.1 Å². The largest absolute Gasteiger partial charge is 0.316 e. The molecule has 0 aliphatic rings. The molecule has 0 aliphatic heterocycles. The molecular weight excluding hydrogens is 112 g/mol. The maximum absolute atomic E-state index is 5.32. The van der Waals surface area contributed by atoms with Crippen LogP contribution >= 0.6 is 0 Å². The third-order valence-corrected chi connectivity index (χ3v) is 1.07. The van der Waals surface area contributed by atoms with E-state index >= 15 is 0 Å². The third-order valence-electron chi connectivity index (χ3n) is 1.07. The molecule has 2 heteroatoms. The molecule has 4 N–H and O–H groups in total. The van der Waals surface area contributed by atoms with Crippen LogP contribution in [-0.4, -0.2) is 6.17 Å². The molecule has 54 valence electrons. The maximum atomic E-state index is 5.32. The first-order chi connectivity index (χ1) is 4.27. The van der Waals surface area contributed by atoms with E-state index in [1.807, 2.05) is 0 Å². The normalized spacial score (nSPS) is 11.6. The zero-order valence-corrected chi connectivity index (χ0v) is 6.01. The Balaban J connectivity index is 2.99. The lowest BCUT2D eigenvalue weighted by molar-refractivity contribution is 0.647. The van der Waals surface area contributed by atoms with Gasteiger partial charge < -0.3 is 11.5 Å². The van der Waals surface area contributed by atoms with Gasteiger partial charge in [-0.25, -0.2) is 0 Å². The summed E-state index contributed by atoms with van der Waals surface area (Å²) in [6, 6.07) is 0. The van der Waals surface area contributed by atoms with Crippen LogP contribution in [0.4, 0.5) is 0 Å². The summed E-state index contributed by atoms with van der Waals surface area (Å²) in [6.07, 6.45) is 7.09. The van der Waals surface area contributed by atoms with Crippen LogP contribution in [0.5, 0.6) is 0 Å². The van der Waals surface area contributed by atoms with E-state index < -0.39 is 0 Å². The Morgan fingerprint density at radius 3 is 2.44 bits per heavy atom. The smallest absolute Gasteiger partial charge is 0.0523 e. The van der Waals surface area contributed by atoms with Gasteiger partial charge in [-0.15, -0.1) is 0 Å². The Morgan fingerprint density at radius 1 is 1.33 bits per heavy atom. The molecule has 0 saturated carbocycles. The monoisotopic (exact) mass is 128 g/mol. The molecule has 0 aromatic heterocycles. The molecule has 0 amide bonds. The standard InChI is InChI=1S/C7H16N2/c1-2-3-4-5-6-7(8)9/h3-4,7H,2,5-6,8-9H2,1H3. The van der Waals surface area contributed by atoms with Crippen LogP contribution < -0.4 is 11.5 Å². The molecule has 0 aliphatic carbocycles. The summed E-state index contributed by atoms with van der Waals surface area (Å²) in [7, 11) is 0. The van der Waals surface area contributed by atoms with Gasteiger partial charge in [0.1, 0.15) is 0 Å². The molecule has 0 saturated heterocycles. The van der Waals surface area contributed by atoms with Crippen molar-refractivity contribution < 1.29 is 0 Å². The summed E-state index contributed by atoms with van der Waals surface area (Å²) >= 11 is 0. The van der Waals surface area contributed by atoms with Crippen molar-refractivity contribution in [3.8, 4) is 0 Å². The Bertz CT molecular complexity index is 77.0. The van der Waals surface area contributed by atoms with Gasteiger partial charge in [-0.3, -0.25) is 0 Å². The van der Waals surface area contributed by atoms with E-state index in [9.17, 15) is 0 Å². The second-order valence-corrected chi connectivity index (χ2v) is 2.12. The van der Waals surface area contributed by atoms with E-state index in [2.05, 4.69) is 19.1 Å². The fourth-order valence-electron chi connectivity index (χ4n) is 0.573. The summed E-state index contributed by atoms with van der Waals surface area (Å²) in [5.41, 5.74) is 10.6. The van der Waals surface area contributed by atoms with Gasteiger partial charge in [0.2, 0.25) is 0 Å². The highest BCUT2D eigenvalue weighted by atomic mass is 14.8. The van der Waals surface area contributed by atoms with Gasteiger partial charge >= 0.3 is 0 Å². The lowest BCUT2D eigenvalue weighted by atomic mass is 10.2. The first-order valence-electron chi connectivity index (χ1n) is 3.43. The lowest BCUT2D eigenvalue weighted by Gasteiger charge is -1.99. The molecule has 9 heavy (non-hydrogen) atoms. The van der Waals surface area contributed by atoms with Gasteiger partial charge in [0.15, 0.2) is 0 Å². The highest BCUT2D eigenvalue weighted by Crippen LogP contribution is 1.91. The van der Waals surface area contributed by atoms with Crippen molar-refractivity contribution in [2.24, 2.45) is 11.5 Å². The number of hydrogen-bond donors (Lipinski definition) is 2. The van der Waals surface area contributed by atoms with E-state index in [1.54, 1.807) is 0 Å². The van der Waals surface area contributed by atoms with Crippen LogP contribution in [0.1, 0.15) is 26.2 Å². The van der Waals surface area contributed by atoms with Crippen molar-refractivity contribution in [3.63, 3.8) is 0 Å². The zero-order chi connectivity index (χ0) is 7.11. The van der Waals surface area contributed by atoms with E-state index in [0.29, 0.717) is 0 Å². The minimum Gasteiger partial charge on any atom is -0.316 e. The predicted octanol–water partition coefficient (Wildman–Crippen LogP) is 0.976. The summed E-state index contributed by atoms with van der Waals surface area (Å²) in [6.45, 7) is 2.11. The van der Waals surface area contributed by atoms with E-state index in [4.69, 9.17) is 11.5 Å². The average molecular weight is 128 g/mol. The first-order valence-corrected chi connectivity index (χ1v) is 3.43. The zero-order valence-electron chi connectivity index (χ0n) is 6.01. The van der Waals surface area contributed by atoms with Crippen molar-refractivity contribution >= 4 is 0 Å². The minimum atomic E-state index is -0.147. The number of allylic oxidation sites excluding steroid dienone is 2. The van der Waals surface area contributed by atoms with Crippen LogP contribution in [0.2, 0.25) is 0 Å². The fourth-order valence-corrected chi connectivity index (χ4v) is 0.573. The minimum absolute atomic E-state index is 0.147. The van der Waals surface area contributed by atoms with Crippen LogP contribution in [0.25, 0.3) is 0 Å². The molecule has 0 heterocycles. The van der Waals surface area contributed by atoms with Crippen molar-refractivity contribution in [1.29, 1.82) is 0 Å². The second-order valence-electron chi connectivity index (χ2n) is 2.12. The van der Waals surface area contributed by atoms with Gasteiger partial charge in [0, 0.05) is 0 Å². The molecular formula is C7H16N2.